The van der Waals surface area contributed by atoms with E-state index in [1.807, 2.05) is 31.2 Å². The van der Waals surface area contributed by atoms with Gasteiger partial charge in [0.15, 0.2) is 6.61 Å². The smallest absolute Gasteiger partial charge is 0.340 e. The van der Waals surface area contributed by atoms with E-state index in [2.05, 4.69) is 10.1 Å². The summed E-state index contributed by atoms with van der Waals surface area (Å²) in [5, 5.41) is 3.90. The van der Waals surface area contributed by atoms with Crippen molar-refractivity contribution in [3.63, 3.8) is 0 Å². The van der Waals surface area contributed by atoms with Crippen LogP contribution in [-0.4, -0.2) is 31.6 Å². The quantitative estimate of drug-likeness (QED) is 0.378. The van der Waals surface area contributed by atoms with E-state index in [9.17, 15) is 13.2 Å². The molecule has 33 heavy (non-hydrogen) atoms. The van der Waals surface area contributed by atoms with Gasteiger partial charge in [0.2, 0.25) is 5.82 Å². The van der Waals surface area contributed by atoms with Crippen LogP contribution in [0.2, 0.25) is 0 Å². The van der Waals surface area contributed by atoms with Crippen molar-refractivity contribution in [2.24, 2.45) is 0 Å². The largest absolute Gasteiger partial charge is 0.452 e. The van der Waals surface area contributed by atoms with Crippen molar-refractivity contribution in [3.8, 4) is 11.4 Å². The molecule has 1 aromatic heterocycles. The normalized spacial score (nSPS) is 11.2. The van der Waals surface area contributed by atoms with Gasteiger partial charge in [-0.1, -0.05) is 65.3 Å². The highest BCUT2D eigenvalue weighted by Gasteiger charge is 2.27. The van der Waals surface area contributed by atoms with Crippen molar-refractivity contribution in [1.82, 2.24) is 10.1 Å². The van der Waals surface area contributed by atoms with Crippen LogP contribution in [0.25, 0.3) is 11.4 Å². The maximum Gasteiger partial charge on any atom is 0.340 e. The summed E-state index contributed by atoms with van der Waals surface area (Å²) >= 11 is 0. The topological polar surface area (TPSA) is 103 Å². The maximum atomic E-state index is 13.2. The first-order valence-corrected chi connectivity index (χ1v) is 11.5. The van der Waals surface area contributed by atoms with Gasteiger partial charge in [0.05, 0.1) is 11.3 Å². The van der Waals surface area contributed by atoms with Gasteiger partial charge < -0.3 is 9.26 Å². The fraction of sp³-hybridized carbons (Fsp3) is 0.125. The molecular formula is C24H21N3O5S. The van der Waals surface area contributed by atoms with Crippen molar-refractivity contribution in [2.45, 2.75) is 18.4 Å². The fourth-order valence-electron chi connectivity index (χ4n) is 3.12. The number of benzene rings is 3. The standard InChI is InChI=1S/C24H21N3O5S/c1-17-12-14-18(15-13-17)23-25-22(32-26-23)16-31-24(28)20-10-6-7-11-21(20)33(29,30)27(2)19-8-4-3-5-9-19/h3-15H,16H2,1-2H3. The second kappa shape index (κ2) is 9.25. The average molecular weight is 464 g/mol. The van der Waals surface area contributed by atoms with Crippen LogP contribution in [0.3, 0.4) is 0 Å². The fourth-order valence-corrected chi connectivity index (χ4v) is 4.50. The average Bonchev–Trinajstić information content (AvgIpc) is 3.32. The molecule has 0 saturated heterocycles. The molecule has 0 aliphatic carbocycles. The Morgan fingerprint density at radius 3 is 2.36 bits per heavy atom. The van der Waals surface area contributed by atoms with Crippen LogP contribution in [0, 0.1) is 6.92 Å². The van der Waals surface area contributed by atoms with Crippen LogP contribution in [0.15, 0.2) is 88.3 Å². The molecule has 168 valence electrons. The molecule has 9 heteroatoms. The summed E-state index contributed by atoms with van der Waals surface area (Å²) in [6.07, 6.45) is 0. The lowest BCUT2D eigenvalue weighted by molar-refractivity contribution is 0.0425. The summed E-state index contributed by atoms with van der Waals surface area (Å²) in [5.74, 6) is -0.347. The van der Waals surface area contributed by atoms with Crippen LogP contribution < -0.4 is 4.31 Å². The summed E-state index contributed by atoms with van der Waals surface area (Å²) in [6, 6.07) is 22.1. The van der Waals surface area contributed by atoms with Gasteiger partial charge in [0, 0.05) is 12.6 Å². The molecule has 0 radical (unpaired) electrons. The molecular weight excluding hydrogens is 442 g/mol. The van der Waals surface area contributed by atoms with Gasteiger partial charge in [0.1, 0.15) is 4.90 Å². The van der Waals surface area contributed by atoms with Crippen molar-refractivity contribution in [2.75, 3.05) is 11.4 Å². The van der Waals surface area contributed by atoms with Crippen LogP contribution in [0.1, 0.15) is 21.8 Å². The molecule has 4 rings (SSSR count). The highest BCUT2D eigenvalue weighted by atomic mass is 32.2. The number of carbonyl (C=O) groups excluding carboxylic acids is 1. The van der Waals surface area contributed by atoms with Gasteiger partial charge in [-0.3, -0.25) is 4.31 Å². The van der Waals surface area contributed by atoms with Gasteiger partial charge in [-0.15, -0.1) is 0 Å². The minimum Gasteiger partial charge on any atom is -0.452 e. The number of aryl methyl sites for hydroxylation is 1. The number of rotatable bonds is 7. The molecule has 0 fully saturated rings. The molecule has 0 aliphatic heterocycles. The van der Waals surface area contributed by atoms with Gasteiger partial charge in [-0.05, 0) is 31.2 Å². The summed E-state index contributed by atoms with van der Waals surface area (Å²) in [6.45, 7) is 1.68. The number of hydrogen-bond donors (Lipinski definition) is 0. The third-order valence-electron chi connectivity index (χ3n) is 4.97. The minimum absolute atomic E-state index is 0.0847. The Bertz CT molecular complexity index is 1370. The minimum atomic E-state index is -4.01. The predicted molar refractivity (Wildman–Crippen MR) is 122 cm³/mol. The van der Waals surface area contributed by atoms with Gasteiger partial charge in [-0.25, -0.2) is 13.2 Å². The molecule has 1 heterocycles. The zero-order valence-electron chi connectivity index (χ0n) is 18.0. The Balaban J connectivity index is 1.52. The number of esters is 1. The van der Waals surface area contributed by atoms with Gasteiger partial charge in [-0.2, -0.15) is 4.98 Å². The second-order valence-corrected chi connectivity index (χ2v) is 9.20. The number of anilines is 1. The molecule has 0 N–H and O–H groups in total. The second-order valence-electron chi connectivity index (χ2n) is 7.26. The lowest BCUT2D eigenvalue weighted by Gasteiger charge is -2.20. The Labute approximate surface area is 191 Å². The third-order valence-corrected chi connectivity index (χ3v) is 6.81. The highest BCUT2D eigenvalue weighted by Crippen LogP contribution is 2.25. The van der Waals surface area contributed by atoms with E-state index < -0.39 is 16.0 Å². The SMILES string of the molecule is Cc1ccc(-c2noc(COC(=O)c3ccccc3S(=O)(=O)N(C)c3ccccc3)n2)cc1. The molecule has 3 aromatic carbocycles. The molecule has 4 aromatic rings. The first-order chi connectivity index (χ1) is 15.9. The van der Waals surface area contributed by atoms with Crippen LogP contribution >= 0.6 is 0 Å². The molecule has 8 nitrogen and oxygen atoms in total. The van der Waals surface area contributed by atoms with Crippen molar-refractivity contribution in [3.05, 3.63) is 95.9 Å². The lowest BCUT2D eigenvalue weighted by Crippen LogP contribution is -2.28. The first kappa shape index (κ1) is 22.2. The number of nitrogens with zero attached hydrogens (tertiary/aromatic N) is 3. The monoisotopic (exact) mass is 463 g/mol. The number of para-hydroxylation sites is 1. The first-order valence-electron chi connectivity index (χ1n) is 10.1. The van der Waals surface area contributed by atoms with Crippen LogP contribution in [0.4, 0.5) is 5.69 Å². The molecule has 0 bridgehead atoms. The third kappa shape index (κ3) is 4.78. The Morgan fingerprint density at radius 1 is 0.970 bits per heavy atom. The summed E-state index contributed by atoms with van der Waals surface area (Å²) in [4.78, 5) is 16.8. The van der Waals surface area contributed by atoms with E-state index in [4.69, 9.17) is 9.26 Å². The molecule has 0 aliphatic rings. The predicted octanol–water partition coefficient (Wildman–Crippen LogP) is 4.23. The molecule has 0 spiro atoms. The van der Waals surface area contributed by atoms with Crippen LogP contribution in [0.5, 0.6) is 0 Å². The number of hydrogen-bond acceptors (Lipinski definition) is 7. The van der Waals surface area contributed by atoms with Crippen molar-refractivity contribution < 1.29 is 22.5 Å². The van der Waals surface area contributed by atoms with Crippen LogP contribution in [-0.2, 0) is 21.4 Å². The Kier molecular flexibility index (Phi) is 6.23. The van der Waals surface area contributed by atoms with E-state index in [1.54, 1.807) is 42.5 Å². The van der Waals surface area contributed by atoms with Crippen molar-refractivity contribution in [1.29, 1.82) is 0 Å². The van der Waals surface area contributed by atoms with E-state index in [1.165, 1.54) is 19.2 Å². The van der Waals surface area contributed by atoms with E-state index in [-0.39, 0.29) is 23.0 Å². The summed E-state index contributed by atoms with van der Waals surface area (Å²) < 4.78 is 38.0. The summed E-state index contributed by atoms with van der Waals surface area (Å²) in [7, 11) is -2.58. The number of aromatic nitrogens is 2. The molecule has 0 saturated carbocycles. The number of carbonyl (C=O) groups is 1. The molecule has 0 unspecified atom stereocenters. The molecule has 0 amide bonds. The Morgan fingerprint density at radius 2 is 1.64 bits per heavy atom. The van der Waals surface area contributed by atoms with E-state index in [0.29, 0.717) is 11.5 Å². The number of ether oxygens (including phenoxy) is 1. The van der Waals surface area contributed by atoms with Gasteiger partial charge in [0.25, 0.3) is 15.9 Å². The number of sulfonamides is 1. The van der Waals surface area contributed by atoms with E-state index in [0.717, 1.165) is 15.4 Å². The van der Waals surface area contributed by atoms with E-state index >= 15 is 0 Å². The Hall–Kier alpha value is -3.98. The molecule has 0 atom stereocenters. The van der Waals surface area contributed by atoms with Gasteiger partial charge >= 0.3 is 5.97 Å². The zero-order chi connectivity index (χ0) is 23.4. The maximum absolute atomic E-state index is 13.2. The van der Waals surface area contributed by atoms with Crippen molar-refractivity contribution >= 4 is 21.7 Å². The zero-order valence-corrected chi connectivity index (χ0v) is 18.8. The summed E-state index contributed by atoms with van der Waals surface area (Å²) in [5.41, 5.74) is 2.25. The lowest BCUT2D eigenvalue weighted by atomic mass is 10.1. The highest BCUT2D eigenvalue weighted by molar-refractivity contribution is 7.92.